The molecule has 0 bridgehead atoms. The molecular weight excluding hydrogens is 328 g/mol. The van der Waals surface area contributed by atoms with Crippen LogP contribution in [0.1, 0.15) is 53.3 Å². The molecule has 2 fully saturated rings. The van der Waals surface area contributed by atoms with Gasteiger partial charge in [-0.3, -0.25) is 14.8 Å². The van der Waals surface area contributed by atoms with Crippen molar-refractivity contribution >= 4 is 5.91 Å². The van der Waals surface area contributed by atoms with Crippen LogP contribution in [-0.2, 0) is 6.54 Å². The number of aromatic amines is 1. The summed E-state index contributed by atoms with van der Waals surface area (Å²) in [5.74, 6) is 1.40. The molecule has 2 aromatic rings. The number of hydrogen-bond acceptors (Lipinski definition) is 4. The predicted octanol–water partition coefficient (Wildman–Crippen LogP) is 2.69. The molecule has 1 aromatic heterocycles. The molecule has 2 N–H and O–H groups in total. The molecule has 1 aliphatic heterocycles. The number of likely N-dealkylation sites (tertiary alicyclic amines) is 1. The fourth-order valence-electron chi connectivity index (χ4n) is 3.66. The minimum Gasteiger partial charge on any atom is -0.497 e. The molecule has 1 amide bonds. The van der Waals surface area contributed by atoms with Crippen LogP contribution in [0.2, 0.25) is 0 Å². The topological polar surface area (TPSA) is 70.2 Å². The Balaban J connectivity index is 1.33. The normalized spacial score (nSPS) is 20.7. The first-order valence-electron chi connectivity index (χ1n) is 9.43. The maximum atomic E-state index is 12.5. The Labute approximate surface area is 153 Å². The lowest BCUT2D eigenvalue weighted by Gasteiger charge is -2.33. The first-order chi connectivity index (χ1) is 12.7. The number of amides is 1. The lowest BCUT2D eigenvalue weighted by Crippen LogP contribution is -2.47. The minimum atomic E-state index is -0.0682. The highest BCUT2D eigenvalue weighted by atomic mass is 16.5. The SMILES string of the molecule is COc1cccc(CN2CCC[C@@H](NC(=O)c3cc(C4CC4)[nH]n3)C2)c1. The minimum absolute atomic E-state index is 0.0682. The molecule has 2 heterocycles. The summed E-state index contributed by atoms with van der Waals surface area (Å²) in [6.07, 6.45) is 4.50. The number of rotatable bonds is 6. The molecule has 4 rings (SSSR count). The van der Waals surface area contributed by atoms with E-state index in [1.54, 1.807) is 7.11 Å². The molecule has 2 aliphatic rings. The first-order valence-corrected chi connectivity index (χ1v) is 9.43. The Kier molecular flexibility index (Phi) is 4.93. The van der Waals surface area contributed by atoms with Crippen molar-refractivity contribution in [1.29, 1.82) is 0 Å². The number of nitrogens with one attached hydrogen (secondary N) is 2. The number of ether oxygens (including phenoxy) is 1. The van der Waals surface area contributed by atoms with Crippen LogP contribution in [0, 0.1) is 0 Å². The van der Waals surface area contributed by atoms with Gasteiger partial charge in [0, 0.05) is 30.7 Å². The number of hydrogen-bond donors (Lipinski definition) is 2. The van der Waals surface area contributed by atoms with E-state index in [9.17, 15) is 4.79 Å². The zero-order valence-corrected chi connectivity index (χ0v) is 15.2. The van der Waals surface area contributed by atoms with E-state index >= 15 is 0 Å². The van der Waals surface area contributed by atoms with Gasteiger partial charge >= 0.3 is 0 Å². The van der Waals surface area contributed by atoms with Gasteiger partial charge in [0.15, 0.2) is 0 Å². The molecule has 0 unspecified atom stereocenters. The third-order valence-electron chi connectivity index (χ3n) is 5.23. The number of nitrogens with zero attached hydrogens (tertiary/aromatic N) is 2. The zero-order chi connectivity index (χ0) is 17.9. The average molecular weight is 354 g/mol. The Morgan fingerprint density at radius 2 is 2.23 bits per heavy atom. The van der Waals surface area contributed by atoms with Crippen molar-refractivity contribution < 1.29 is 9.53 Å². The van der Waals surface area contributed by atoms with Gasteiger partial charge in [-0.2, -0.15) is 5.10 Å². The smallest absolute Gasteiger partial charge is 0.272 e. The number of carbonyl (C=O) groups excluding carboxylic acids is 1. The third kappa shape index (κ3) is 4.07. The van der Waals surface area contributed by atoms with Gasteiger partial charge in [-0.25, -0.2) is 0 Å². The fourth-order valence-corrected chi connectivity index (χ4v) is 3.66. The van der Waals surface area contributed by atoms with Gasteiger partial charge in [0.2, 0.25) is 0 Å². The summed E-state index contributed by atoms with van der Waals surface area (Å²) < 4.78 is 5.30. The number of piperidine rings is 1. The molecule has 0 radical (unpaired) electrons. The van der Waals surface area contributed by atoms with Crippen LogP contribution < -0.4 is 10.1 Å². The van der Waals surface area contributed by atoms with Crippen LogP contribution >= 0.6 is 0 Å². The van der Waals surface area contributed by atoms with E-state index < -0.39 is 0 Å². The summed E-state index contributed by atoms with van der Waals surface area (Å²) in [5, 5.41) is 10.3. The largest absolute Gasteiger partial charge is 0.497 e. The van der Waals surface area contributed by atoms with E-state index in [-0.39, 0.29) is 11.9 Å². The molecule has 6 heteroatoms. The van der Waals surface area contributed by atoms with Crippen LogP contribution in [-0.4, -0.2) is 47.2 Å². The van der Waals surface area contributed by atoms with Crippen molar-refractivity contribution in [3.63, 3.8) is 0 Å². The third-order valence-corrected chi connectivity index (χ3v) is 5.23. The Hall–Kier alpha value is -2.34. The van der Waals surface area contributed by atoms with Crippen LogP contribution in [0.5, 0.6) is 5.75 Å². The summed E-state index contributed by atoms with van der Waals surface area (Å²) in [4.78, 5) is 14.9. The molecule has 1 saturated heterocycles. The quantitative estimate of drug-likeness (QED) is 0.837. The van der Waals surface area contributed by atoms with Gasteiger partial charge < -0.3 is 10.1 Å². The second-order valence-electron chi connectivity index (χ2n) is 7.38. The molecule has 1 aliphatic carbocycles. The van der Waals surface area contributed by atoms with Crippen molar-refractivity contribution in [2.75, 3.05) is 20.2 Å². The second kappa shape index (κ2) is 7.50. The first kappa shape index (κ1) is 17.1. The van der Waals surface area contributed by atoms with Gasteiger partial charge in [0.25, 0.3) is 5.91 Å². The second-order valence-corrected chi connectivity index (χ2v) is 7.38. The van der Waals surface area contributed by atoms with Gasteiger partial charge in [-0.15, -0.1) is 0 Å². The van der Waals surface area contributed by atoms with E-state index in [0.29, 0.717) is 11.6 Å². The van der Waals surface area contributed by atoms with Crippen molar-refractivity contribution in [2.24, 2.45) is 0 Å². The molecule has 26 heavy (non-hydrogen) atoms. The molecule has 1 aromatic carbocycles. The zero-order valence-electron chi connectivity index (χ0n) is 15.2. The Bertz CT molecular complexity index is 769. The summed E-state index contributed by atoms with van der Waals surface area (Å²) >= 11 is 0. The molecule has 1 atom stereocenters. The molecule has 0 spiro atoms. The lowest BCUT2D eigenvalue weighted by molar-refractivity contribution is 0.0895. The van der Waals surface area contributed by atoms with Crippen molar-refractivity contribution in [3.05, 3.63) is 47.3 Å². The van der Waals surface area contributed by atoms with Crippen LogP contribution in [0.15, 0.2) is 30.3 Å². The molecule has 6 nitrogen and oxygen atoms in total. The van der Waals surface area contributed by atoms with E-state index in [0.717, 1.165) is 43.9 Å². The van der Waals surface area contributed by atoms with Gasteiger partial charge in [-0.05, 0) is 56.0 Å². The van der Waals surface area contributed by atoms with E-state index in [1.165, 1.54) is 18.4 Å². The Morgan fingerprint density at radius 1 is 1.35 bits per heavy atom. The summed E-state index contributed by atoms with van der Waals surface area (Å²) in [5.41, 5.74) is 2.84. The standard InChI is InChI=1S/C20H26N4O2/c1-26-17-6-2-4-14(10-17)12-24-9-3-5-16(13-24)21-20(25)19-11-18(22-23-19)15-7-8-15/h2,4,6,10-11,15-16H,3,5,7-9,12-13H2,1H3,(H,21,25)(H,22,23)/t16-/m1/s1. The van der Waals surface area contributed by atoms with Crippen molar-refractivity contribution in [2.45, 2.75) is 44.2 Å². The monoisotopic (exact) mass is 354 g/mol. The number of H-pyrrole nitrogens is 1. The number of methoxy groups -OCH3 is 1. The average Bonchev–Trinajstić information content (AvgIpc) is 3.39. The van der Waals surface area contributed by atoms with Crippen LogP contribution in [0.3, 0.4) is 0 Å². The van der Waals surface area contributed by atoms with E-state index in [2.05, 4.69) is 32.5 Å². The molecule has 1 saturated carbocycles. The van der Waals surface area contributed by atoms with Crippen molar-refractivity contribution in [3.8, 4) is 5.75 Å². The maximum absolute atomic E-state index is 12.5. The van der Waals surface area contributed by atoms with Crippen molar-refractivity contribution in [1.82, 2.24) is 20.4 Å². The van der Waals surface area contributed by atoms with Gasteiger partial charge in [0.05, 0.1) is 7.11 Å². The number of carbonyl (C=O) groups is 1. The molecule has 138 valence electrons. The van der Waals surface area contributed by atoms with Gasteiger partial charge in [-0.1, -0.05) is 12.1 Å². The van der Waals surface area contributed by atoms with Crippen LogP contribution in [0.4, 0.5) is 0 Å². The van der Waals surface area contributed by atoms with E-state index in [1.807, 2.05) is 18.2 Å². The Morgan fingerprint density at radius 3 is 3.04 bits per heavy atom. The fraction of sp³-hybridized carbons (Fsp3) is 0.500. The van der Waals surface area contributed by atoms with Gasteiger partial charge in [0.1, 0.15) is 11.4 Å². The highest BCUT2D eigenvalue weighted by Crippen LogP contribution is 2.39. The van der Waals surface area contributed by atoms with E-state index in [4.69, 9.17) is 4.74 Å². The highest BCUT2D eigenvalue weighted by Gasteiger charge is 2.27. The molecular formula is C20H26N4O2. The number of aromatic nitrogens is 2. The van der Waals surface area contributed by atoms with Crippen LogP contribution in [0.25, 0.3) is 0 Å². The summed E-state index contributed by atoms with van der Waals surface area (Å²) in [6, 6.07) is 10.3. The number of benzene rings is 1. The maximum Gasteiger partial charge on any atom is 0.272 e. The summed E-state index contributed by atoms with van der Waals surface area (Å²) in [7, 11) is 1.69. The summed E-state index contributed by atoms with van der Waals surface area (Å²) in [6.45, 7) is 2.79. The highest BCUT2D eigenvalue weighted by molar-refractivity contribution is 5.92. The predicted molar refractivity (Wildman–Crippen MR) is 99.3 cm³/mol. The lowest BCUT2D eigenvalue weighted by atomic mass is 10.0.